The monoisotopic (exact) mass is 223 g/mol. The van der Waals surface area contributed by atoms with Gasteiger partial charge in [-0.3, -0.25) is 0 Å². The average Bonchev–Trinajstić information content (AvgIpc) is 2.25. The van der Waals surface area contributed by atoms with Crippen LogP contribution in [0.15, 0.2) is 12.1 Å². The molecule has 2 N–H and O–H groups in total. The average molecular weight is 223 g/mol. The van der Waals surface area contributed by atoms with Gasteiger partial charge in [-0.1, -0.05) is 6.92 Å². The first kappa shape index (κ1) is 12.8. The van der Waals surface area contributed by atoms with Crippen LogP contribution in [0.5, 0.6) is 5.75 Å². The molecule has 0 spiro atoms. The summed E-state index contributed by atoms with van der Waals surface area (Å²) in [7, 11) is 0. The minimum Gasteiger partial charge on any atom is -0.491 e. The van der Waals surface area contributed by atoms with E-state index in [9.17, 15) is 0 Å². The molecule has 1 aromatic rings. The molecule has 3 heteroatoms. The van der Waals surface area contributed by atoms with Crippen LogP contribution in [-0.4, -0.2) is 19.8 Å². The highest BCUT2D eigenvalue weighted by molar-refractivity contribution is 5.53. The molecule has 3 nitrogen and oxygen atoms in total. The molecule has 0 aliphatic heterocycles. The maximum Gasteiger partial charge on any atom is 0.122 e. The number of nitrogens with two attached hydrogens (primary N) is 1. The van der Waals surface area contributed by atoms with Gasteiger partial charge in [0.25, 0.3) is 0 Å². The summed E-state index contributed by atoms with van der Waals surface area (Å²) in [5.41, 5.74) is 8.73. The summed E-state index contributed by atoms with van der Waals surface area (Å²) in [5, 5.41) is 0. The molecule has 0 aromatic heterocycles. The lowest BCUT2D eigenvalue weighted by Crippen LogP contribution is -2.08. The van der Waals surface area contributed by atoms with E-state index in [1.165, 1.54) is 0 Å². The third-order valence-electron chi connectivity index (χ3n) is 2.40. The van der Waals surface area contributed by atoms with Crippen molar-refractivity contribution in [3.63, 3.8) is 0 Å². The first-order valence-electron chi connectivity index (χ1n) is 5.72. The van der Waals surface area contributed by atoms with Crippen molar-refractivity contribution < 1.29 is 9.47 Å². The van der Waals surface area contributed by atoms with E-state index < -0.39 is 0 Å². The molecule has 0 aliphatic rings. The van der Waals surface area contributed by atoms with Crippen molar-refractivity contribution in [2.45, 2.75) is 27.2 Å². The van der Waals surface area contributed by atoms with Crippen molar-refractivity contribution in [1.82, 2.24) is 0 Å². The van der Waals surface area contributed by atoms with E-state index in [0.717, 1.165) is 35.6 Å². The fourth-order valence-corrected chi connectivity index (χ4v) is 1.42. The van der Waals surface area contributed by atoms with Gasteiger partial charge in [-0.25, -0.2) is 0 Å². The van der Waals surface area contributed by atoms with E-state index in [4.69, 9.17) is 15.2 Å². The van der Waals surface area contributed by atoms with Crippen molar-refractivity contribution in [2.75, 3.05) is 25.6 Å². The topological polar surface area (TPSA) is 44.5 Å². The predicted molar refractivity (Wildman–Crippen MR) is 66.9 cm³/mol. The third kappa shape index (κ3) is 3.74. The number of hydrogen-bond acceptors (Lipinski definition) is 3. The number of nitrogen functional groups attached to an aromatic ring is 1. The molecule has 1 rings (SSSR count). The van der Waals surface area contributed by atoms with Gasteiger partial charge in [-0.15, -0.1) is 0 Å². The summed E-state index contributed by atoms with van der Waals surface area (Å²) in [4.78, 5) is 0. The van der Waals surface area contributed by atoms with Crippen LogP contribution >= 0.6 is 0 Å². The third-order valence-corrected chi connectivity index (χ3v) is 2.40. The molecule has 0 unspecified atom stereocenters. The van der Waals surface area contributed by atoms with Crippen LogP contribution < -0.4 is 10.5 Å². The Kier molecular flexibility index (Phi) is 5.12. The fraction of sp³-hybridized carbons (Fsp3) is 0.538. The second-order valence-electron chi connectivity index (χ2n) is 3.94. The second-order valence-corrected chi connectivity index (χ2v) is 3.94. The van der Waals surface area contributed by atoms with Gasteiger partial charge in [0.15, 0.2) is 0 Å². The highest BCUT2D eigenvalue weighted by Crippen LogP contribution is 2.23. The summed E-state index contributed by atoms with van der Waals surface area (Å²) in [6.07, 6.45) is 1.04. The molecule has 90 valence electrons. The van der Waals surface area contributed by atoms with Crippen molar-refractivity contribution in [3.05, 3.63) is 23.3 Å². The molecule has 16 heavy (non-hydrogen) atoms. The lowest BCUT2D eigenvalue weighted by molar-refractivity contribution is 0.100. The molecule has 0 saturated carbocycles. The molecule has 0 heterocycles. The Morgan fingerprint density at radius 1 is 1.06 bits per heavy atom. The van der Waals surface area contributed by atoms with Crippen molar-refractivity contribution in [1.29, 1.82) is 0 Å². The Morgan fingerprint density at radius 3 is 2.50 bits per heavy atom. The van der Waals surface area contributed by atoms with Crippen molar-refractivity contribution >= 4 is 5.69 Å². The molecule has 0 fully saturated rings. The molecule has 0 bridgehead atoms. The van der Waals surface area contributed by atoms with Gasteiger partial charge in [0.2, 0.25) is 0 Å². The van der Waals surface area contributed by atoms with Crippen LogP contribution in [0.4, 0.5) is 5.69 Å². The summed E-state index contributed by atoms with van der Waals surface area (Å²) in [6, 6.07) is 3.92. The van der Waals surface area contributed by atoms with Crippen LogP contribution in [0.2, 0.25) is 0 Å². The van der Waals surface area contributed by atoms with Crippen molar-refractivity contribution in [3.8, 4) is 5.75 Å². The van der Waals surface area contributed by atoms with Crippen molar-refractivity contribution in [2.24, 2.45) is 0 Å². The minimum atomic E-state index is 0.587. The zero-order valence-corrected chi connectivity index (χ0v) is 10.4. The predicted octanol–water partition coefficient (Wildman–Crippen LogP) is 2.69. The Balaban J connectivity index is 2.45. The lowest BCUT2D eigenvalue weighted by atomic mass is 10.1. The number of benzene rings is 1. The number of rotatable bonds is 6. The molecule has 1 aromatic carbocycles. The fourth-order valence-electron chi connectivity index (χ4n) is 1.42. The maximum atomic E-state index is 5.80. The Morgan fingerprint density at radius 2 is 1.81 bits per heavy atom. The number of anilines is 1. The van der Waals surface area contributed by atoms with Gasteiger partial charge in [0, 0.05) is 12.3 Å². The SMILES string of the molecule is CCCOCCOc1cc(C)c(N)cc1C. The van der Waals surface area contributed by atoms with Gasteiger partial charge in [0.1, 0.15) is 12.4 Å². The van der Waals surface area contributed by atoms with Gasteiger partial charge in [-0.2, -0.15) is 0 Å². The van der Waals surface area contributed by atoms with Crippen LogP contribution in [0.3, 0.4) is 0 Å². The number of aryl methyl sites for hydroxylation is 2. The van der Waals surface area contributed by atoms with E-state index in [0.29, 0.717) is 13.2 Å². The molecule has 0 atom stereocenters. The van der Waals surface area contributed by atoms with E-state index >= 15 is 0 Å². The van der Waals surface area contributed by atoms with Gasteiger partial charge >= 0.3 is 0 Å². The molecule has 0 amide bonds. The Labute approximate surface area is 97.6 Å². The molecular weight excluding hydrogens is 202 g/mol. The van der Waals surface area contributed by atoms with Gasteiger partial charge in [-0.05, 0) is 43.5 Å². The van der Waals surface area contributed by atoms with E-state index in [1.54, 1.807) is 0 Å². The molecule has 0 radical (unpaired) electrons. The Hall–Kier alpha value is -1.22. The number of hydrogen-bond donors (Lipinski definition) is 1. The minimum absolute atomic E-state index is 0.587. The maximum absolute atomic E-state index is 5.80. The zero-order chi connectivity index (χ0) is 12.0. The first-order chi connectivity index (χ1) is 7.65. The summed E-state index contributed by atoms with van der Waals surface area (Å²) >= 11 is 0. The summed E-state index contributed by atoms with van der Waals surface area (Å²) in [5.74, 6) is 0.895. The quantitative estimate of drug-likeness (QED) is 0.595. The normalized spacial score (nSPS) is 10.4. The van der Waals surface area contributed by atoms with Gasteiger partial charge < -0.3 is 15.2 Å². The highest BCUT2D eigenvalue weighted by atomic mass is 16.5. The highest BCUT2D eigenvalue weighted by Gasteiger charge is 2.02. The van der Waals surface area contributed by atoms with Gasteiger partial charge in [0.05, 0.1) is 6.61 Å². The van der Waals surface area contributed by atoms with E-state index in [1.807, 2.05) is 26.0 Å². The van der Waals surface area contributed by atoms with E-state index in [-0.39, 0.29) is 0 Å². The van der Waals surface area contributed by atoms with Crippen LogP contribution in [0, 0.1) is 13.8 Å². The van der Waals surface area contributed by atoms with E-state index in [2.05, 4.69) is 6.92 Å². The molecular formula is C13H21NO2. The van der Waals surface area contributed by atoms with Crippen LogP contribution in [-0.2, 0) is 4.74 Å². The second kappa shape index (κ2) is 6.38. The smallest absolute Gasteiger partial charge is 0.122 e. The molecule has 0 aliphatic carbocycles. The summed E-state index contributed by atoms with van der Waals surface area (Å²) < 4.78 is 11.0. The standard InChI is InChI=1S/C13H21NO2/c1-4-5-15-6-7-16-13-9-10(2)12(14)8-11(13)3/h8-9H,4-7,14H2,1-3H3. The zero-order valence-electron chi connectivity index (χ0n) is 10.4. The largest absolute Gasteiger partial charge is 0.491 e. The molecule has 0 saturated heterocycles. The van der Waals surface area contributed by atoms with Crippen LogP contribution in [0.1, 0.15) is 24.5 Å². The summed E-state index contributed by atoms with van der Waals surface area (Å²) in [6.45, 7) is 8.09. The lowest BCUT2D eigenvalue weighted by Gasteiger charge is -2.11. The van der Waals surface area contributed by atoms with Crippen LogP contribution in [0.25, 0.3) is 0 Å². The first-order valence-corrected chi connectivity index (χ1v) is 5.72. The number of ether oxygens (including phenoxy) is 2. The Bertz CT molecular complexity index is 337.